The van der Waals surface area contributed by atoms with Crippen LogP contribution in [-0.2, 0) is 0 Å². The van der Waals surface area contributed by atoms with Crippen LogP contribution >= 0.6 is 11.6 Å². The minimum atomic E-state index is 0.546. The number of hydrogen-bond acceptors (Lipinski definition) is 4. The van der Waals surface area contributed by atoms with Gasteiger partial charge >= 0.3 is 0 Å². The minimum absolute atomic E-state index is 0.546. The third-order valence-corrected chi connectivity index (χ3v) is 4.26. The van der Waals surface area contributed by atoms with Crippen LogP contribution in [0.4, 0.5) is 5.69 Å². The Morgan fingerprint density at radius 1 is 1.32 bits per heavy atom. The zero-order valence-corrected chi connectivity index (χ0v) is 11.5. The van der Waals surface area contributed by atoms with Gasteiger partial charge < -0.3 is 5.32 Å². The molecule has 0 aromatic heterocycles. The summed E-state index contributed by atoms with van der Waals surface area (Å²) in [4.78, 5) is 5.05. The monoisotopic (exact) mass is 276 g/mol. The van der Waals surface area contributed by atoms with Gasteiger partial charge in [-0.15, -0.1) is 0 Å². The largest absolute Gasteiger partial charge is 0.382 e. The number of nitriles is 1. The number of halogens is 1. The van der Waals surface area contributed by atoms with Gasteiger partial charge in [0.25, 0.3) is 0 Å². The summed E-state index contributed by atoms with van der Waals surface area (Å²) in [6.07, 6.45) is 0. The molecule has 1 unspecified atom stereocenters. The Morgan fingerprint density at radius 2 is 2.11 bits per heavy atom. The molecule has 1 aromatic rings. The highest BCUT2D eigenvalue weighted by atomic mass is 35.5. The van der Waals surface area contributed by atoms with Crippen molar-refractivity contribution in [1.29, 1.82) is 5.26 Å². The lowest BCUT2D eigenvalue weighted by Crippen LogP contribution is -2.62. The molecule has 0 saturated carbocycles. The summed E-state index contributed by atoms with van der Waals surface area (Å²) in [5, 5.41) is 13.1. The van der Waals surface area contributed by atoms with Gasteiger partial charge in [0.05, 0.1) is 11.3 Å². The molecule has 0 aliphatic carbocycles. The van der Waals surface area contributed by atoms with E-state index in [1.807, 2.05) is 12.1 Å². The maximum Gasteiger partial charge on any atom is 0.101 e. The van der Waals surface area contributed by atoms with Gasteiger partial charge in [0.1, 0.15) is 6.07 Å². The molecule has 19 heavy (non-hydrogen) atoms. The molecule has 1 N–H and O–H groups in total. The van der Waals surface area contributed by atoms with Gasteiger partial charge in [0.15, 0.2) is 0 Å². The number of hydrogen-bond donors (Lipinski definition) is 1. The van der Waals surface area contributed by atoms with Crippen LogP contribution in [0.3, 0.4) is 0 Å². The van der Waals surface area contributed by atoms with Gasteiger partial charge in [0.2, 0.25) is 0 Å². The molecule has 4 nitrogen and oxygen atoms in total. The SMILES string of the molecule is N#Cc1cc(Cl)ccc1NCC1CN2CCN1CC2. The van der Waals surface area contributed by atoms with E-state index in [-0.39, 0.29) is 0 Å². The van der Waals surface area contributed by atoms with Crippen LogP contribution in [0.2, 0.25) is 5.02 Å². The molecule has 0 radical (unpaired) electrons. The van der Waals surface area contributed by atoms with Crippen LogP contribution in [0.5, 0.6) is 0 Å². The van der Waals surface area contributed by atoms with Gasteiger partial charge in [-0.05, 0) is 18.2 Å². The number of benzene rings is 1. The smallest absolute Gasteiger partial charge is 0.101 e. The highest BCUT2D eigenvalue weighted by molar-refractivity contribution is 6.30. The van der Waals surface area contributed by atoms with E-state index in [1.54, 1.807) is 6.07 Å². The second-order valence-electron chi connectivity index (χ2n) is 5.17. The predicted octanol–water partition coefficient (Wildman–Crippen LogP) is 1.62. The minimum Gasteiger partial charge on any atom is -0.382 e. The molecule has 5 heteroatoms. The molecular formula is C14H17ClN4. The first-order valence-corrected chi connectivity index (χ1v) is 7.04. The fourth-order valence-corrected chi connectivity index (χ4v) is 3.08. The van der Waals surface area contributed by atoms with Crippen LogP contribution in [0, 0.1) is 11.3 Å². The van der Waals surface area contributed by atoms with Crippen LogP contribution in [0.15, 0.2) is 18.2 Å². The number of piperazine rings is 3. The topological polar surface area (TPSA) is 42.3 Å². The van der Waals surface area contributed by atoms with Gasteiger partial charge in [-0.3, -0.25) is 9.80 Å². The molecule has 2 bridgehead atoms. The molecule has 3 heterocycles. The Bertz CT molecular complexity index is 503. The highest BCUT2D eigenvalue weighted by Crippen LogP contribution is 2.21. The number of fused-ring (bicyclic) bond motifs is 3. The lowest BCUT2D eigenvalue weighted by Gasteiger charge is -2.47. The molecule has 3 fully saturated rings. The van der Waals surface area contributed by atoms with Crippen molar-refractivity contribution < 1.29 is 0 Å². The number of nitrogens with zero attached hydrogens (tertiary/aromatic N) is 3. The van der Waals surface area contributed by atoms with Gasteiger partial charge in [-0.1, -0.05) is 11.6 Å². The summed E-state index contributed by atoms with van der Waals surface area (Å²) in [5.74, 6) is 0. The lowest BCUT2D eigenvalue weighted by molar-refractivity contribution is 0.0189. The van der Waals surface area contributed by atoms with Crippen molar-refractivity contribution >= 4 is 17.3 Å². The van der Waals surface area contributed by atoms with Gasteiger partial charge in [-0.25, -0.2) is 0 Å². The van der Waals surface area contributed by atoms with Crippen molar-refractivity contribution in [1.82, 2.24) is 9.80 Å². The zero-order chi connectivity index (χ0) is 13.2. The van der Waals surface area contributed by atoms with E-state index in [9.17, 15) is 0 Å². The van der Waals surface area contributed by atoms with Crippen LogP contribution < -0.4 is 5.32 Å². The highest BCUT2D eigenvalue weighted by Gasteiger charge is 2.31. The summed E-state index contributed by atoms with van der Waals surface area (Å²) in [6, 6.07) is 8.15. The van der Waals surface area contributed by atoms with E-state index in [4.69, 9.17) is 16.9 Å². The summed E-state index contributed by atoms with van der Waals surface area (Å²) < 4.78 is 0. The molecule has 0 amide bonds. The number of anilines is 1. The average Bonchev–Trinajstić information content (AvgIpc) is 2.47. The van der Waals surface area contributed by atoms with Crippen molar-refractivity contribution in [3.05, 3.63) is 28.8 Å². The van der Waals surface area contributed by atoms with Crippen LogP contribution in [0.25, 0.3) is 0 Å². The fraction of sp³-hybridized carbons (Fsp3) is 0.500. The van der Waals surface area contributed by atoms with Crippen molar-refractivity contribution in [2.75, 3.05) is 44.6 Å². The third kappa shape index (κ3) is 2.69. The third-order valence-electron chi connectivity index (χ3n) is 4.02. The van der Waals surface area contributed by atoms with E-state index < -0.39 is 0 Å². The maximum atomic E-state index is 9.12. The molecule has 4 rings (SSSR count). The lowest BCUT2D eigenvalue weighted by atomic mass is 10.1. The van der Waals surface area contributed by atoms with Gasteiger partial charge in [-0.2, -0.15) is 5.26 Å². The van der Waals surface area contributed by atoms with Crippen molar-refractivity contribution in [2.24, 2.45) is 0 Å². The molecule has 3 aliphatic heterocycles. The molecule has 100 valence electrons. The quantitative estimate of drug-likeness (QED) is 0.911. The predicted molar refractivity (Wildman–Crippen MR) is 76.5 cm³/mol. The zero-order valence-electron chi connectivity index (χ0n) is 10.8. The van der Waals surface area contributed by atoms with E-state index >= 15 is 0 Å². The van der Waals surface area contributed by atoms with E-state index in [0.29, 0.717) is 16.6 Å². The molecule has 3 aliphatic rings. The number of nitrogens with one attached hydrogen (secondary N) is 1. The first-order chi connectivity index (χ1) is 9.26. The Balaban J connectivity index is 1.65. The number of rotatable bonds is 3. The first kappa shape index (κ1) is 12.7. The van der Waals surface area contributed by atoms with Crippen molar-refractivity contribution in [2.45, 2.75) is 6.04 Å². The Kier molecular flexibility index (Phi) is 3.61. The normalized spacial score (nSPS) is 28.9. The fourth-order valence-electron chi connectivity index (χ4n) is 2.91. The summed E-state index contributed by atoms with van der Waals surface area (Å²) in [6.45, 7) is 6.73. The van der Waals surface area contributed by atoms with Crippen molar-refractivity contribution in [3.63, 3.8) is 0 Å². The average molecular weight is 277 g/mol. The molecule has 3 saturated heterocycles. The summed E-state index contributed by atoms with van der Waals surface area (Å²) in [5.41, 5.74) is 1.49. The molecular weight excluding hydrogens is 260 g/mol. The first-order valence-electron chi connectivity index (χ1n) is 6.66. The van der Waals surface area contributed by atoms with E-state index in [0.717, 1.165) is 31.9 Å². The second kappa shape index (κ2) is 5.38. The molecule has 1 atom stereocenters. The van der Waals surface area contributed by atoms with Crippen LogP contribution in [0.1, 0.15) is 5.56 Å². The second-order valence-corrected chi connectivity index (χ2v) is 5.61. The van der Waals surface area contributed by atoms with Gasteiger partial charge in [0, 0.05) is 50.3 Å². The molecule has 0 spiro atoms. The Morgan fingerprint density at radius 3 is 2.74 bits per heavy atom. The Labute approximate surface area is 118 Å². The Hall–Kier alpha value is -1.28. The van der Waals surface area contributed by atoms with Crippen molar-refractivity contribution in [3.8, 4) is 6.07 Å². The maximum absolute atomic E-state index is 9.12. The van der Waals surface area contributed by atoms with Crippen LogP contribution in [-0.4, -0.2) is 55.1 Å². The van der Waals surface area contributed by atoms with E-state index in [2.05, 4.69) is 21.2 Å². The standard InChI is InChI=1S/C14H17ClN4/c15-12-1-2-14(11(7-12)8-16)17-9-13-10-18-3-5-19(13)6-4-18/h1-2,7,13,17H,3-6,9-10H2. The van der Waals surface area contributed by atoms with E-state index in [1.165, 1.54) is 13.1 Å². The molecule has 1 aromatic carbocycles. The summed E-state index contributed by atoms with van der Waals surface area (Å²) >= 11 is 5.90. The summed E-state index contributed by atoms with van der Waals surface area (Å²) in [7, 11) is 0.